The zero-order valence-electron chi connectivity index (χ0n) is 9.28. The minimum Gasteiger partial charge on any atom is -0.444 e. The Bertz CT molecular complexity index is 539. The highest BCUT2D eigenvalue weighted by Crippen LogP contribution is 2.40. The Labute approximate surface area is 100 Å². The number of aliphatic imine (C=N–C) groups is 1. The summed E-state index contributed by atoms with van der Waals surface area (Å²) in [6.45, 7) is 1.21. The molecule has 1 amide bonds. The van der Waals surface area contributed by atoms with E-state index in [1.807, 2.05) is 0 Å². The molecule has 96 valence electrons. The second-order valence-electron chi connectivity index (χ2n) is 3.93. The largest absolute Gasteiger partial charge is 0.444 e. The van der Waals surface area contributed by atoms with E-state index in [0.717, 1.165) is 6.07 Å². The van der Waals surface area contributed by atoms with Crippen molar-refractivity contribution in [3.05, 3.63) is 35.4 Å². The molecule has 0 aromatic heterocycles. The van der Waals surface area contributed by atoms with Crippen molar-refractivity contribution >= 4 is 11.9 Å². The van der Waals surface area contributed by atoms with E-state index < -0.39 is 29.3 Å². The molecule has 4 nitrogen and oxygen atoms in total. The number of halogens is 3. The Hall–Kier alpha value is -2.05. The van der Waals surface area contributed by atoms with Crippen LogP contribution < -0.4 is 5.73 Å². The zero-order valence-corrected chi connectivity index (χ0v) is 9.28. The van der Waals surface area contributed by atoms with Gasteiger partial charge in [0.25, 0.3) is 11.9 Å². The van der Waals surface area contributed by atoms with Crippen molar-refractivity contribution in [3.8, 4) is 0 Å². The average molecular weight is 258 g/mol. The smallest absolute Gasteiger partial charge is 0.416 e. The lowest BCUT2D eigenvalue weighted by atomic mass is 9.90. The predicted molar refractivity (Wildman–Crippen MR) is 56.5 cm³/mol. The molecule has 0 radical (unpaired) electrons. The van der Waals surface area contributed by atoms with Crippen LogP contribution in [0, 0.1) is 0 Å². The summed E-state index contributed by atoms with van der Waals surface area (Å²) >= 11 is 0. The molecular weight excluding hydrogens is 249 g/mol. The van der Waals surface area contributed by atoms with Gasteiger partial charge in [0.1, 0.15) is 0 Å². The third-order valence-electron chi connectivity index (χ3n) is 2.67. The summed E-state index contributed by atoms with van der Waals surface area (Å²) in [5, 5.41) is 0. The molecule has 0 saturated heterocycles. The van der Waals surface area contributed by atoms with Crippen molar-refractivity contribution in [3.63, 3.8) is 0 Å². The monoisotopic (exact) mass is 258 g/mol. The van der Waals surface area contributed by atoms with Gasteiger partial charge in [-0.05, 0) is 13.0 Å². The Kier molecular flexibility index (Phi) is 2.57. The van der Waals surface area contributed by atoms with Gasteiger partial charge in [0.05, 0.1) is 5.56 Å². The van der Waals surface area contributed by atoms with Gasteiger partial charge in [-0.15, -0.1) is 0 Å². The molecule has 1 aromatic carbocycles. The second kappa shape index (κ2) is 3.72. The topological polar surface area (TPSA) is 64.7 Å². The fraction of sp³-hybridized carbons (Fsp3) is 0.273. The van der Waals surface area contributed by atoms with Crippen molar-refractivity contribution in [2.75, 3.05) is 0 Å². The fourth-order valence-corrected chi connectivity index (χ4v) is 1.80. The van der Waals surface area contributed by atoms with Crippen LogP contribution in [0.1, 0.15) is 18.1 Å². The van der Waals surface area contributed by atoms with Crippen LogP contribution in [0.4, 0.5) is 13.2 Å². The number of hydrogen-bond acceptors (Lipinski definition) is 3. The standard InChI is InChI=1S/C11H9F3N2O2/c1-10(8(17)16-9(15)18-10)6-4-2-3-5-7(6)11(12,13)14/h2-5H,1H3,(H2,15,16,17). The molecule has 1 heterocycles. The number of rotatable bonds is 1. The Morgan fingerprint density at radius 2 is 1.94 bits per heavy atom. The Balaban J connectivity index is 2.57. The second-order valence-corrected chi connectivity index (χ2v) is 3.93. The quantitative estimate of drug-likeness (QED) is 0.835. The molecule has 18 heavy (non-hydrogen) atoms. The molecule has 1 unspecified atom stereocenters. The van der Waals surface area contributed by atoms with E-state index in [9.17, 15) is 18.0 Å². The molecule has 7 heteroatoms. The first-order chi connectivity index (χ1) is 8.25. The number of amides is 1. The molecule has 0 aliphatic carbocycles. The highest BCUT2D eigenvalue weighted by Gasteiger charge is 2.48. The average Bonchev–Trinajstić information content (AvgIpc) is 2.52. The number of nitrogens with zero attached hydrogens (tertiary/aromatic N) is 1. The molecular formula is C11H9F3N2O2. The van der Waals surface area contributed by atoms with Crippen molar-refractivity contribution in [1.82, 2.24) is 0 Å². The lowest BCUT2D eigenvalue weighted by Crippen LogP contribution is -2.34. The highest BCUT2D eigenvalue weighted by atomic mass is 19.4. The van der Waals surface area contributed by atoms with Crippen molar-refractivity contribution in [1.29, 1.82) is 0 Å². The molecule has 0 saturated carbocycles. The van der Waals surface area contributed by atoms with Crippen molar-refractivity contribution in [2.24, 2.45) is 10.7 Å². The minimum absolute atomic E-state index is 0.299. The van der Waals surface area contributed by atoms with E-state index >= 15 is 0 Å². The van der Waals surface area contributed by atoms with E-state index in [1.165, 1.54) is 25.1 Å². The Morgan fingerprint density at radius 3 is 2.44 bits per heavy atom. The maximum absolute atomic E-state index is 12.9. The van der Waals surface area contributed by atoms with Crippen LogP contribution >= 0.6 is 0 Å². The van der Waals surface area contributed by atoms with Crippen LogP contribution in [-0.2, 0) is 21.3 Å². The number of benzene rings is 1. The van der Waals surface area contributed by atoms with E-state index in [0.29, 0.717) is 0 Å². The van der Waals surface area contributed by atoms with E-state index in [1.54, 1.807) is 0 Å². The first-order valence-corrected chi connectivity index (χ1v) is 4.99. The Morgan fingerprint density at radius 1 is 1.33 bits per heavy atom. The normalized spacial score (nSPS) is 23.8. The lowest BCUT2D eigenvalue weighted by molar-refractivity contribution is -0.142. The van der Waals surface area contributed by atoms with Gasteiger partial charge in [0.15, 0.2) is 0 Å². The summed E-state index contributed by atoms with van der Waals surface area (Å²) in [4.78, 5) is 14.9. The summed E-state index contributed by atoms with van der Waals surface area (Å²) < 4.78 is 43.5. The molecule has 0 bridgehead atoms. The predicted octanol–water partition coefficient (Wildman–Crippen LogP) is 1.79. The molecule has 2 rings (SSSR count). The number of amidine groups is 1. The SMILES string of the molecule is CC1(c2ccccc2C(F)(F)F)OC(N)=NC1=O. The van der Waals surface area contributed by atoms with E-state index in [-0.39, 0.29) is 5.56 Å². The van der Waals surface area contributed by atoms with Gasteiger partial charge in [-0.2, -0.15) is 18.2 Å². The number of carbonyl (C=O) groups excluding carboxylic acids is 1. The molecule has 1 aliphatic rings. The summed E-state index contributed by atoms with van der Waals surface area (Å²) in [5.41, 5.74) is 2.16. The molecule has 0 fully saturated rings. The number of nitrogens with two attached hydrogens (primary N) is 1. The van der Waals surface area contributed by atoms with Crippen LogP contribution in [-0.4, -0.2) is 11.9 Å². The van der Waals surface area contributed by atoms with Crippen LogP contribution in [0.5, 0.6) is 0 Å². The maximum atomic E-state index is 12.9. The van der Waals surface area contributed by atoms with Gasteiger partial charge in [-0.25, -0.2) is 0 Å². The highest BCUT2D eigenvalue weighted by molar-refractivity contribution is 6.01. The summed E-state index contributed by atoms with van der Waals surface area (Å²) in [6, 6.07) is 4.25. The molecule has 2 N–H and O–H groups in total. The third-order valence-corrected chi connectivity index (χ3v) is 2.67. The lowest BCUT2D eigenvalue weighted by Gasteiger charge is -2.24. The molecule has 1 atom stereocenters. The maximum Gasteiger partial charge on any atom is 0.416 e. The number of carbonyl (C=O) groups is 1. The summed E-state index contributed by atoms with van der Waals surface area (Å²) in [6.07, 6.45) is -4.58. The first kappa shape index (κ1) is 12.4. The molecule has 1 aromatic rings. The molecule has 1 aliphatic heterocycles. The van der Waals surface area contributed by atoms with Gasteiger partial charge >= 0.3 is 6.18 Å². The van der Waals surface area contributed by atoms with Gasteiger partial charge < -0.3 is 10.5 Å². The van der Waals surface area contributed by atoms with Crippen LogP contribution in [0.25, 0.3) is 0 Å². The van der Waals surface area contributed by atoms with E-state index in [4.69, 9.17) is 10.5 Å². The van der Waals surface area contributed by atoms with Gasteiger partial charge in [0, 0.05) is 5.56 Å². The van der Waals surface area contributed by atoms with Crippen molar-refractivity contribution < 1.29 is 22.7 Å². The zero-order chi connectivity index (χ0) is 13.6. The van der Waals surface area contributed by atoms with Crippen molar-refractivity contribution in [2.45, 2.75) is 18.7 Å². The van der Waals surface area contributed by atoms with Crippen LogP contribution in [0.3, 0.4) is 0 Å². The van der Waals surface area contributed by atoms with Crippen LogP contribution in [0.2, 0.25) is 0 Å². The minimum atomic E-state index is -4.58. The first-order valence-electron chi connectivity index (χ1n) is 4.99. The van der Waals surface area contributed by atoms with Gasteiger partial charge in [-0.3, -0.25) is 4.79 Å². The number of hydrogen-bond donors (Lipinski definition) is 1. The van der Waals surface area contributed by atoms with Gasteiger partial charge in [-0.1, -0.05) is 18.2 Å². The number of alkyl halides is 3. The third kappa shape index (κ3) is 1.81. The molecule has 0 spiro atoms. The van der Waals surface area contributed by atoms with Crippen LogP contribution in [0.15, 0.2) is 29.3 Å². The number of ether oxygens (including phenoxy) is 1. The summed E-state index contributed by atoms with van der Waals surface area (Å²) in [7, 11) is 0. The fourth-order valence-electron chi connectivity index (χ4n) is 1.80. The van der Waals surface area contributed by atoms with E-state index in [2.05, 4.69) is 4.99 Å². The summed E-state index contributed by atoms with van der Waals surface area (Å²) in [5.74, 6) is -0.850. The van der Waals surface area contributed by atoms with Gasteiger partial charge in [0.2, 0.25) is 5.60 Å².